The highest BCUT2D eigenvalue weighted by atomic mass is 16.5. The van der Waals surface area contributed by atoms with E-state index in [4.69, 9.17) is 14.2 Å². The van der Waals surface area contributed by atoms with Crippen LogP contribution in [-0.4, -0.2) is 51.2 Å². The molecule has 1 amide bonds. The summed E-state index contributed by atoms with van der Waals surface area (Å²) in [6.07, 6.45) is 0.889. The second kappa shape index (κ2) is 9.83. The minimum atomic E-state index is -0.326. The first-order valence-electron chi connectivity index (χ1n) is 10.3. The van der Waals surface area contributed by atoms with Crippen molar-refractivity contribution in [1.82, 2.24) is 4.90 Å². The molecule has 0 saturated carbocycles. The zero-order valence-electron chi connectivity index (χ0n) is 18.8. The Hall–Kier alpha value is -3.06. The Kier molecular flexibility index (Phi) is 7.17. The van der Waals surface area contributed by atoms with Crippen LogP contribution in [0.5, 0.6) is 11.5 Å². The molecule has 1 atom stereocenters. The SMILES string of the molecule is COC(=O)C[C@H]1c2cc(OC)c(OC)cc2CCN1CC(=O)Nc1c(C)cccc1C. The topological polar surface area (TPSA) is 77.1 Å². The second-order valence-corrected chi connectivity index (χ2v) is 7.74. The Morgan fingerprint density at radius 1 is 1.06 bits per heavy atom. The van der Waals surface area contributed by atoms with Gasteiger partial charge in [-0.2, -0.15) is 0 Å². The molecule has 1 N–H and O–H groups in total. The maximum Gasteiger partial charge on any atom is 0.307 e. The van der Waals surface area contributed by atoms with Crippen molar-refractivity contribution in [3.63, 3.8) is 0 Å². The number of methoxy groups -OCH3 is 3. The molecule has 166 valence electrons. The van der Waals surface area contributed by atoms with Gasteiger partial charge in [0.25, 0.3) is 0 Å². The zero-order chi connectivity index (χ0) is 22.5. The predicted molar refractivity (Wildman–Crippen MR) is 119 cm³/mol. The fraction of sp³-hybridized carbons (Fsp3) is 0.417. The molecule has 7 nitrogen and oxygen atoms in total. The predicted octanol–water partition coefficient (Wildman–Crippen LogP) is 3.42. The lowest BCUT2D eigenvalue weighted by Gasteiger charge is -2.37. The average molecular weight is 427 g/mol. The van der Waals surface area contributed by atoms with E-state index in [1.165, 1.54) is 7.11 Å². The molecule has 2 aromatic rings. The molecule has 0 spiro atoms. The van der Waals surface area contributed by atoms with Crippen molar-refractivity contribution in [3.8, 4) is 11.5 Å². The van der Waals surface area contributed by atoms with Crippen molar-refractivity contribution in [2.45, 2.75) is 32.7 Å². The first-order valence-corrected chi connectivity index (χ1v) is 10.3. The fourth-order valence-electron chi connectivity index (χ4n) is 4.12. The first kappa shape index (κ1) is 22.6. The third-order valence-corrected chi connectivity index (χ3v) is 5.79. The van der Waals surface area contributed by atoms with Gasteiger partial charge < -0.3 is 19.5 Å². The third kappa shape index (κ3) is 4.99. The van der Waals surface area contributed by atoms with Gasteiger partial charge in [0.2, 0.25) is 5.91 Å². The minimum absolute atomic E-state index is 0.115. The standard InChI is InChI=1S/C24H30N2O5/c1-15-7-6-8-16(2)24(15)25-22(27)14-26-10-9-17-11-20(29-3)21(30-4)12-18(17)19(26)13-23(28)31-5/h6-8,11-12,19H,9-10,13-14H2,1-5H3,(H,25,27)/t19-/m0/s1. The maximum absolute atomic E-state index is 12.9. The number of benzene rings is 2. The van der Waals surface area contributed by atoms with Gasteiger partial charge in [-0.1, -0.05) is 18.2 Å². The lowest BCUT2D eigenvalue weighted by molar-refractivity contribution is -0.142. The van der Waals surface area contributed by atoms with Gasteiger partial charge in [0.1, 0.15) is 0 Å². The van der Waals surface area contributed by atoms with Crippen LogP contribution >= 0.6 is 0 Å². The van der Waals surface area contributed by atoms with E-state index in [-0.39, 0.29) is 30.9 Å². The number of esters is 1. The molecule has 0 fully saturated rings. The number of carbonyl (C=O) groups excluding carboxylic acids is 2. The monoisotopic (exact) mass is 426 g/mol. The van der Waals surface area contributed by atoms with Crippen molar-refractivity contribution < 1.29 is 23.8 Å². The molecule has 0 aliphatic carbocycles. The van der Waals surface area contributed by atoms with E-state index in [9.17, 15) is 9.59 Å². The molecule has 0 bridgehead atoms. The normalized spacial score (nSPS) is 15.7. The van der Waals surface area contributed by atoms with Crippen LogP contribution in [0.2, 0.25) is 0 Å². The molecule has 1 aliphatic heterocycles. The summed E-state index contributed by atoms with van der Waals surface area (Å²) in [6.45, 7) is 4.76. The number of fused-ring (bicyclic) bond motifs is 1. The van der Waals surface area contributed by atoms with Gasteiger partial charge in [-0.15, -0.1) is 0 Å². The third-order valence-electron chi connectivity index (χ3n) is 5.79. The molecule has 1 aliphatic rings. The summed E-state index contributed by atoms with van der Waals surface area (Å²) in [5.41, 5.74) is 4.90. The maximum atomic E-state index is 12.9. The number of hydrogen-bond acceptors (Lipinski definition) is 6. The number of amides is 1. The molecule has 7 heteroatoms. The summed E-state index contributed by atoms with van der Waals surface area (Å²) < 4.78 is 15.8. The largest absolute Gasteiger partial charge is 0.493 e. The number of rotatable bonds is 7. The molecule has 2 aromatic carbocycles. The van der Waals surface area contributed by atoms with E-state index in [1.807, 2.05) is 49.1 Å². The molecule has 0 unspecified atom stereocenters. The summed E-state index contributed by atoms with van der Waals surface area (Å²) >= 11 is 0. The van der Waals surface area contributed by atoms with Crippen molar-refractivity contribution >= 4 is 17.6 Å². The van der Waals surface area contributed by atoms with E-state index >= 15 is 0 Å². The van der Waals surface area contributed by atoms with Gasteiger partial charge >= 0.3 is 5.97 Å². The molecule has 0 aromatic heterocycles. The van der Waals surface area contributed by atoms with Gasteiger partial charge in [0.15, 0.2) is 11.5 Å². The highest BCUT2D eigenvalue weighted by molar-refractivity contribution is 5.93. The van der Waals surface area contributed by atoms with E-state index in [0.717, 1.165) is 34.4 Å². The van der Waals surface area contributed by atoms with Crippen molar-refractivity contribution in [2.75, 3.05) is 39.7 Å². The molecule has 0 saturated heterocycles. The number of nitrogens with zero attached hydrogens (tertiary/aromatic N) is 1. The summed E-state index contributed by atoms with van der Waals surface area (Å²) in [5.74, 6) is 0.807. The summed E-state index contributed by atoms with van der Waals surface area (Å²) in [4.78, 5) is 27.1. The molecule has 1 heterocycles. The van der Waals surface area contributed by atoms with E-state index in [2.05, 4.69) is 5.32 Å². The van der Waals surface area contributed by atoms with Crippen molar-refractivity contribution in [2.24, 2.45) is 0 Å². The fourth-order valence-corrected chi connectivity index (χ4v) is 4.12. The van der Waals surface area contributed by atoms with Crippen LogP contribution < -0.4 is 14.8 Å². The molecular weight excluding hydrogens is 396 g/mol. The smallest absolute Gasteiger partial charge is 0.307 e. The van der Waals surface area contributed by atoms with Gasteiger partial charge in [0.05, 0.1) is 34.3 Å². The van der Waals surface area contributed by atoms with Crippen LogP contribution in [-0.2, 0) is 20.7 Å². The van der Waals surface area contributed by atoms with Crippen molar-refractivity contribution in [1.29, 1.82) is 0 Å². The van der Waals surface area contributed by atoms with Gasteiger partial charge in [-0.05, 0) is 54.7 Å². The van der Waals surface area contributed by atoms with Crippen molar-refractivity contribution in [3.05, 3.63) is 52.6 Å². The molecule has 0 radical (unpaired) electrons. The molecular formula is C24H30N2O5. The van der Waals surface area contributed by atoms with Crippen LogP contribution in [0.3, 0.4) is 0 Å². The number of nitrogens with one attached hydrogen (secondary N) is 1. The summed E-state index contributed by atoms with van der Waals surface area (Å²) in [7, 11) is 4.56. The molecule has 3 rings (SSSR count). The van der Waals surface area contributed by atoms with Crippen LogP contribution in [0.1, 0.15) is 34.7 Å². The van der Waals surface area contributed by atoms with Crippen LogP contribution in [0, 0.1) is 13.8 Å². The first-order chi connectivity index (χ1) is 14.9. The highest BCUT2D eigenvalue weighted by Gasteiger charge is 2.32. The van der Waals surface area contributed by atoms with Crippen LogP contribution in [0.4, 0.5) is 5.69 Å². The quantitative estimate of drug-likeness (QED) is 0.684. The average Bonchev–Trinajstić information content (AvgIpc) is 2.76. The van der Waals surface area contributed by atoms with E-state index < -0.39 is 0 Å². The number of para-hydroxylation sites is 1. The van der Waals surface area contributed by atoms with Gasteiger partial charge in [-0.3, -0.25) is 14.5 Å². The van der Waals surface area contributed by atoms with E-state index in [1.54, 1.807) is 14.2 Å². The Labute approximate surface area is 183 Å². The number of anilines is 1. The Morgan fingerprint density at radius 2 is 1.71 bits per heavy atom. The Morgan fingerprint density at radius 3 is 2.32 bits per heavy atom. The summed E-state index contributed by atoms with van der Waals surface area (Å²) in [5, 5.41) is 3.04. The Balaban J connectivity index is 1.87. The number of ether oxygens (including phenoxy) is 3. The minimum Gasteiger partial charge on any atom is -0.493 e. The number of hydrogen-bond donors (Lipinski definition) is 1. The van der Waals surface area contributed by atoms with Gasteiger partial charge in [-0.25, -0.2) is 0 Å². The summed E-state index contributed by atoms with van der Waals surface area (Å²) in [6, 6.07) is 9.47. The number of aryl methyl sites for hydroxylation is 2. The number of carbonyl (C=O) groups is 2. The van der Waals surface area contributed by atoms with Crippen LogP contribution in [0.15, 0.2) is 30.3 Å². The second-order valence-electron chi connectivity index (χ2n) is 7.74. The highest BCUT2D eigenvalue weighted by Crippen LogP contribution is 2.39. The van der Waals surface area contributed by atoms with Gasteiger partial charge in [0, 0.05) is 18.3 Å². The molecule has 31 heavy (non-hydrogen) atoms. The zero-order valence-corrected chi connectivity index (χ0v) is 18.8. The van der Waals surface area contributed by atoms with Crippen LogP contribution in [0.25, 0.3) is 0 Å². The Bertz CT molecular complexity index is 952. The van der Waals surface area contributed by atoms with E-state index in [0.29, 0.717) is 18.0 Å². The lowest BCUT2D eigenvalue weighted by Crippen LogP contribution is -2.41. The lowest BCUT2D eigenvalue weighted by atomic mass is 9.90.